The van der Waals surface area contributed by atoms with Crippen molar-refractivity contribution in [2.45, 2.75) is 75.6 Å². The largest absolute Gasteiger partial charge is 0.307 e. The maximum absolute atomic E-state index is 3.89. The second-order valence-corrected chi connectivity index (χ2v) is 7.98. The van der Waals surface area contributed by atoms with E-state index in [1.807, 2.05) is 0 Å². The van der Waals surface area contributed by atoms with Crippen LogP contribution in [0.3, 0.4) is 0 Å². The van der Waals surface area contributed by atoms with Crippen molar-refractivity contribution in [3.8, 4) is 0 Å². The lowest BCUT2D eigenvalue weighted by Crippen LogP contribution is -2.36. The third-order valence-electron chi connectivity index (χ3n) is 5.32. The van der Waals surface area contributed by atoms with Crippen molar-refractivity contribution in [3.05, 3.63) is 34.9 Å². The Morgan fingerprint density at radius 2 is 1.90 bits per heavy atom. The van der Waals surface area contributed by atoms with Crippen LogP contribution < -0.4 is 5.32 Å². The molecule has 3 unspecified atom stereocenters. The van der Waals surface area contributed by atoms with Gasteiger partial charge in [0.2, 0.25) is 0 Å². The quantitative estimate of drug-likeness (QED) is 0.850. The Bertz CT molecular complexity index is 471. The molecule has 2 aliphatic rings. The zero-order valence-electron chi connectivity index (χ0n) is 13.5. The van der Waals surface area contributed by atoms with Crippen LogP contribution in [0, 0.1) is 0 Å². The predicted molar refractivity (Wildman–Crippen MR) is 94.2 cm³/mol. The van der Waals surface area contributed by atoms with Gasteiger partial charge in [-0.25, -0.2) is 0 Å². The summed E-state index contributed by atoms with van der Waals surface area (Å²) in [7, 11) is 0. The average molecular weight is 304 g/mol. The zero-order chi connectivity index (χ0) is 14.7. The van der Waals surface area contributed by atoms with Gasteiger partial charge in [-0.15, -0.1) is 0 Å². The molecule has 0 radical (unpaired) electrons. The molecule has 1 aromatic carbocycles. The maximum atomic E-state index is 3.89. The summed E-state index contributed by atoms with van der Waals surface area (Å²) in [6.45, 7) is 2.34. The molecule has 0 spiro atoms. The zero-order valence-corrected chi connectivity index (χ0v) is 14.3. The minimum absolute atomic E-state index is 0.489. The van der Waals surface area contributed by atoms with E-state index in [0.717, 1.165) is 5.25 Å². The molecule has 0 amide bonds. The number of thioether (sulfide) groups is 1. The Hall–Kier alpha value is -0.470. The highest BCUT2D eigenvalue weighted by molar-refractivity contribution is 7.99. The standard InChI is InChI=1S/C19H29NS/c1-14(20-18-8-5-9-19(13-18)21-2)16-11-10-15-6-3-4-7-17(15)12-16/h10-12,14,18-20H,3-9,13H2,1-2H3. The molecule has 0 aliphatic heterocycles. The molecule has 1 N–H and O–H groups in total. The maximum Gasteiger partial charge on any atom is 0.0294 e. The first kappa shape index (κ1) is 15.4. The fourth-order valence-corrected chi connectivity index (χ4v) is 4.81. The van der Waals surface area contributed by atoms with Gasteiger partial charge in [0.1, 0.15) is 0 Å². The van der Waals surface area contributed by atoms with Crippen LogP contribution in [0.25, 0.3) is 0 Å². The Morgan fingerprint density at radius 1 is 1.10 bits per heavy atom. The normalized spacial score (nSPS) is 27.1. The van der Waals surface area contributed by atoms with Gasteiger partial charge in [-0.2, -0.15) is 11.8 Å². The molecule has 2 aliphatic carbocycles. The van der Waals surface area contributed by atoms with E-state index in [9.17, 15) is 0 Å². The molecule has 0 bridgehead atoms. The molecule has 21 heavy (non-hydrogen) atoms. The average Bonchev–Trinajstić information content (AvgIpc) is 2.54. The summed E-state index contributed by atoms with van der Waals surface area (Å²) in [4.78, 5) is 0. The van der Waals surface area contributed by atoms with Crippen molar-refractivity contribution in [3.63, 3.8) is 0 Å². The summed E-state index contributed by atoms with van der Waals surface area (Å²) in [5.41, 5.74) is 4.69. The Kier molecular flexibility index (Phi) is 5.29. The number of benzene rings is 1. The Morgan fingerprint density at radius 3 is 2.71 bits per heavy atom. The summed E-state index contributed by atoms with van der Waals surface area (Å²) < 4.78 is 0. The van der Waals surface area contributed by atoms with E-state index in [-0.39, 0.29) is 0 Å². The second-order valence-electron chi connectivity index (χ2n) is 6.84. The minimum atomic E-state index is 0.489. The summed E-state index contributed by atoms with van der Waals surface area (Å²) in [6, 6.07) is 8.41. The molecule has 2 heteroatoms. The van der Waals surface area contributed by atoms with E-state index in [4.69, 9.17) is 0 Å². The summed E-state index contributed by atoms with van der Waals surface area (Å²) in [5.74, 6) is 0. The van der Waals surface area contributed by atoms with Crippen molar-refractivity contribution >= 4 is 11.8 Å². The van der Waals surface area contributed by atoms with E-state index in [1.165, 1.54) is 56.9 Å². The van der Waals surface area contributed by atoms with Crippen molar-refractivity contribution in [1.82, 2.24) is 5.32 Å². The molecular formula is C19H29NS. The van der Waals surface area contributed by atoms with Crippen LogP contribution >= 0.6 is 11.8 Å². The van der Waals surface area contributed by atoms with Gasteiger partial charge in [0.25, 0.3) is 0 Å². The molecule has 116 valence electrons. The Balaban J connectivity index is 1.63. The molecule has 0 aromatic heterocycles. The van der Waals surface area contributed by atoms with Gasteiger partial charge in [0.15, 0.2) is 0 Å². The molecule has 0 saturated heterocycles. The van der Waals surface area contributed by atoms with Crippen LogP contribution in [-0.2, 0) is 12.8 Å². The fraction of sp³-hybridized carbons (Fsp3) is 0.684. The number of nitrogens with one attached hydrogen (secondary N) is 1. The number of hydrogen-bond donors (Lipinski definition) is 1. The van der Waals surface area contributed by atoms with Gasteiger partial charge in [-0.05, 0) is 74.8 Å². The highest BCUT2D eigenvalue weighted by atomic mass is 32.2. The van der Waals surface area contributed by atoms with Crippen LogP contribution in [0.1, 0.15) is 68.2 Å². The minimum Gasteiger partial charge on any atom is -0.307 e. The lowest BCUT2D eigenvalue weighted by molar-refractivity contribution is 0.353. The van der Waals surface area contributed by atoms with Gasteiger partial charge in [-0.1, -0.05) is 24.6 Å². The first-order chi connectivity index (χ1) is 10.3. The first-order valence-electron chi connectivity index (χ1n) is 8.67. The third-order valence-corrected chi connectivity index (χ3v) is 6.41. The van der Waals surface area contributed by atoms with Crippen molar-refractivity contribution in [2.75, 3.05) is 6.26 Å². The molecule has 3 atom stereocenters. The number of aryl methyl sites for hydroxylation is 2. The van der Waals surface area contributed by atoms with Crippen LogP contribution in [0.5, 0.6) is 0 Å². The predicted octanol–water partition coefficient (Wildman–Crippen LogP) is 4.89. The van der Waals surface area contributed by atoms with Gasteiger partial charge in [0, 0.05) is 17.3 Å². The summed E-state index contributed by atoms with van der Waals surface area (Å²) >= 11 is 2.05. The van der Waals surface area contributed by atoms with Gasteiger partial charge >= 0.3 is 0 Å². The van der Waals surface area contributed by atoms with E-state index in [0.29, 0.717) is 12.1 Å². The number of fused-ring (bicyclic) bond motifs is 1. The molecule has 1 saturated carbocycles. The van der Waals surface area contributed by atoms with Crippen molar-refractivity contribution in [2.24, 2.45) is 0 Å². The molecule has 3 rings (SSSR count). The van der Waals surface area contributed by atoms with E-state index in [1.54, 1.807) is 11.1 Å². The number of rotatable bonds is 4. The third kappa shape index (κ3) is 3.84. The second kappa shape index (κ2) is 7.19. The van der Waals surface area contributed by atoms with Crippen LogP contribution in [0.15, 0.2) is 18.2 Å². The SMILES string of the molecule is CSC1CCCC(NC(C)c2ccc3c(c2)CCCC3)C1. The molecule has 0 heterocycles. The monoisotopic (exact) mass is 303 g/mol. The smallest absolute Gasteiger partial charge is 0.0294 e. The highest BCUT2D eigenvalue weighted by Gasteiger charge is 2.23. The lowest BCUT2D eigenvalue weighted by atomic mass is 9.88. The van der Waals surface area contributed by atoms with Gasteiger partial charge in [0.05, 0.1) is 0 Å². The first-order valence-corrected chi connectivity index (χ1v) is 9.95. The van der Waals surface area contributed by atoms with Crippen LogP contribution in [0.4, 0.5) is 0 Å². The topological polar surface area (TPSA) is 12.0 Å². The van der Waals surface area contributed by atoms with Crippen LogP contribution in [0.2, 0.25) is 0 Å². The molecule has 1 fully saturated rings. The van der Waals surface area contributed by atoms with E-state index < -0.39 is 0 Å². The van der Waals surface area contributed by atoms with Gasteiger partial charge < -0.3 is 5.32 Å². The van der Waals surface area contributed by atoms with Crippen molar-refractivity contribution < 1.29 is 0 Å². The lowest BCUT2D eigenvalue weighted by Gasteiger charge is -2.31. The highest BCUT2D eigenvalue weighted by Crippen LogP contribution is 2.29. The van der Waals surface area contributed by atoms with E-state index >= 15 is 0 Å². The summed E-state index contributed by atoms with van der Waals surface area (Å²) in [5, 5.41) is 4.76. The Labute approximate surface area is 134 Å². The van der Waals surface area contributed by atoms with Crippen LogP contribution in [-0.4, -0.2) is 17.5 Å². The molecular weight excluding hydrogens is 274 g/mol. The van der Waals surface area contributed by atoms with Crippen molar-refractivity contribution in [1.29, 1.82) is 0 Å². The summed E-state index contributed by atoms with van der Waals surface area (Å²) in [6.07, 6.45) is 13.1. The van der Waals surface area contributed by atoms with E-state index in [2.05, 4.69) is 48.5 Å². The van der Waals surface area contributed by atoms with Gasteiger partial charge in [-0.3, -0.25) is 0 Å². The fourth-order valence-electron chi connectivity index (χ4n) is 3.98. The molecule has 1 nitrogen and oxygen atoms in total. The molecule has 1 aromatic rings. The number of hydrogen-bond acceptors (Lipinski definition) is 2.